The van der Waals surface area contributed by atoms with Crippen molar-refractivity contribution in [2.75, 3.05) is 0 Å². The number of hydrogen-bond donors (Lipinski definition) is 2. The summed E-state index contributed by atoms with van der Waals surface area (Å²) < 4.78 is 0.877. The van der Waals surface area contributed by atoms with Crippen molar-refractivity contribution in [3.05, 3.63) is 20.3 Å². The van der Waals surface area contributed by atoms with Crippen molar-refractivity contribution in [3.8, 4) is 0 Å². The number of carbonyl (C=O) groups is 1. The summed E-state index contributed by atoms with van der Waals surface area (Å²) in [5, 5.41) is 12.6. The third-order valence-corrected chi connectivity index (χ3v) is 4.43. The number of rotatable bonds is 2. The van der Waals surface area contributed by atoms with Crippen LogP contribution < -0.4 is 5.32 Å². The first kappa shape index (κ1) is 13.1. The van der Waals surface area contributed by atoms with Gasteiger partial charge in [0.1, 0.15) is 4.34 Å². The first-order chi connectivity index (χ1) is 8.08. The van der Waals surface area contributed by atoms with Gasteiger partial charge in [0, 0.05) is 0 Å². The SMILES string of the molecule is O=C(NC1CCCCC1O)c1cc(Cl)sc1Cl. The summed E-state index contributed by atoms with van der Waals surface area (Å²) in [6.07, 6.45) is 3.13. The fraction of sp³-hybridized carbons (Fsp3) is 0.545. The Morgan fingerprint density at radius 1 is 1.41 bits per heavy atom. The highest BCUT2D eigenvalue weighted by atomic mass is 35.5. The number of nitrogens with one attached hydrogen (secondary N) is 1. The molecule has 1 heterocycles. The molecule has 1 fully saturated rings. The van der Waals surface area contributed by atoms with E-state index in [-0.39, 0.29) is 11.9 Å². The van der Waals surface area contributed by atoms with Crippen molar-refractivity contribution in [2.24, 2.45) is 0 Å². The topological polar surface area (TPSA) is 49.3 Å². The first-order valence-corrected chi connectivity index (χ1v) is 7.09. The largest absolute Gasteiger partial charge is 0.391 e. The van der Waals surface area contributed by atoms with Crippen molar-refractivity contribution in [1.82, 2.24) is 5.32 Å². The summed E-state index contributed by atoms with van der Waals surface area (Å²) in [5.74, 6) is -0.260. The lowest BCUT2D eigenvalue weighted by Crippen LogP contribution is -2.45. The molecule has 0 bridgehead atoms. The molecule has 2 N–H and O–H groups in total. The van der Waals surface area contributed by atoms with Crippen molar-refractivity contribution in [3.63, 3.8) is 0 Å². The molecule has 1 saturated carbocycles. The van der Waals surface area contributed by atoms with E-state index in [0.717, 1.165) is 25.7 Å². The van der Waals surface area contributed by atoms with Gasteiger partial charge in [0.05, 0.1) is 22.0 Å². The normalized spacial score (nSPS) is 24.6. The minimum atomic E-state index is -0.458. The Bertz CT molecular complexity index is 422. The third kappa shape index (κ3) is 3.13. The van der Waals surface area contributed by atoms with Crippen LogP contribution in [0.3, 0.4) is 0 Å². The molecule has 1 amide bonds. The van der Waals surface area contributed by atoms with E-state index in [9.17, 15) is 9.90 Å². The predicted molar refractivity (Wildman–Crippen MR) is 70.1 cm³/mol. The molecule has 2 atom stereocenters. The highest BCUT2D eigenvalue weighted by Gasteiger charge is 2.26. The summed E-state index contributed by atoms with van der Waals surface area (Å²) in [7, 11) is 0. The lowest BCUT2D eigenvalue weighted by atomic mass is 9.92. The van der Waals surface area contributed by atoms with Crippen LogP contribution in [0.4, 0.5) is 0 Å². The molecule has 0 radical (unpaired) electrons. The molecule has 1 aliphatic carbocycles. The standard InChI is InChI=1S/C11H13Cl2NO2S/c12-9-5-6(10(13)17-9)11(16)14-7-3-1-2-4-8(7)15/h5,7-8,15H,1-4H2,(H,14,16). The van der Waals surface area contributed by atoms with E-state index in [2.05, 4.69) is 5.32 Å². The summed E-state index contributed by atoms with van der Waals surface area (Å²) in [6.45, 7) is 0. The zero-order chi connectivity index (χ0) is 12.4. The van der Waals surface area contributed by atoms with Gasteiger partial charge in [0.15, 0.2) is 0 Å². The Balaban J connectivity index is 2.03. The molecule has 2 unspecified atom stereocenters. The van der Waals surface area contributed by atoms with Crippen molar-refractivity contribution in [1.29, 1.82) is 0 Å². The fourth-order valence-corrected chi connectivity index (χ4v) is 3.48. The molecule has 0 aliphatic heterocycles. The highest BCUT2D eigenvalue weighted by Crippen LogP contribution is 2.31. The minimum Gasteiger partial charge on any atom is -0.391 e. The lowest BCUT2D eigenvalue weighted by molar-refractivity contribution is 0.0717. The van der Waals surface area contributed by atoms with Gasteiger partial charge in [0.25, 0.3) is 5.91 Å². The predicted octanol–water partition coefficient (Wildman–Crippen LogP) is 3.09. The van der Waals surface area contributed by atoms with E-state index in [1.807, 2.05) is 0 Å². The van der Waals surface area contributed by atoms with Crippen LogP contribution in [0.2, 0.25) is 8.67 Å². The van der Waals surface area contributed by atoms with Crippen LogP contribution in [0.1, 0.15) is 36.0 Å². The molecule has 94 valence electrons. The molecule has 3 nitrogen and oxygen atoms in total. The molecule has 0 spiro atoms. The molecular formula is C11H13Cl2NO2S. The van der Waals surface area contributed by atoms with E-state index in [1.165, 1.54) is 11.3 Å². The van der Waals surface area contributed by atoms with Gasteiger partial charge in [-0.1, -0.05) is 36.0 Å². The summed E-state index contributed by atoms with van der Waals surface area (Å²) in [5.41, 5.74) is 0.388. The van der Waals surface area contributed by atoms with E-state index in [0.29, 0.717) is 14.2 Å². The van der Waals surface area contributed by atoms with Gasteiger partial charge in [0.2, 0.25) is 0 Å². The second kappa shape index (κ2) is 5.57. The summed E-state index contributed by atoms with van der Waals surface area (Å²) in [4.78, 5) is 11.9. The Kier molecular flexibility index (Phi) is 4.31. The Hall–Kier alpha value is -0.290. The van der Waals surface area contributed by atoms with Crippen molar-refractivity contribution >= 4 is 40.4 Å². The minimum absolute atomic E-state index is 0.175. The quantitative estimate of drug-likeness (QED) is 0.880. The molecule has 0 saturated heterocycles. The molecule has 1 aromatic heterocycles. The van der Waals surface area contributed by atoms with Gasteiger partial charge in [-0.2, -0.15) is 0 Å². The van der Waals surface area contributed by atoms with Crippen LogP contribution in [0, 0.1) is 0 Å². The molecule has 1 aromatic rings. The van der Waals surface area contributed by atoms with Crippen molar-refractivity contribution in [2.45, 2.75) is 37.8 Å². The van der Waals surface area contributed by atoms with Crippen LogP contribution >= 0.6 is 34.5 Å². The number of halogens is 2. The van der Waals surface area contributed by atoms with E-state index < -0.39 is 6.10 Å². The second-order valence-corrected chi connectivity index (χ2v) is 6.46. The van der Waals surface area contributed by atoms with Crippen LogP contribution in [0.15, 0.2) is 6.07 Å². The number of amides is 1. The Labute approximate surface area is 114 Å². The van der Waals surface area contributed by atoms with Crippen LogP contribution in [0.5, 0.6) is 0 Å². The molecule has 1 aliphatic rings. The van der Waals surface area contributed by atoms with Gasteiger partial charge in [-0.15, -0.1) is 11.3 Å². The van der Waals surface area contributed by atoms with Gasteiger partial charge >= 0.3 is 0 Å². The second-order valence-electron chi connectivity index (χ2n) is 4.17. The molecule has 0 aromatic carbocycles. The maximum Gasteiger partial charge on any atom is 0.254 e. The van der Waals surface area contributed by atoms with Gasteiger partial charge < -0.3 is 10.4 Å². The molecular weight excluding hydrogens is 281 g/mol. The summed E-state index contributed by atoms with van der Waals surface area (Å²) >= 11 is 12.9. The Morgan fingerprint density at radius 3 is 2.71 bits per heavy atom. The zero-order valence-electron chi connectivity index (χ0n) is 9.08. The van der Waals surface area contributed by atoms with Crippen LogP contribution in [-0.2, 0) is 0 Å². The average Bonchev–Trinajstić information content (AvgIpc) is 2.61. The van der Waals surface area contributed by atoms with Crippen LogP contribution in [0.25, 0.3) is 0 Å². The zero-order valence-corrected chi connectivity index (χ0v) is 11.4. The lowest BCUT2D eigenvalue weighted by Gasteiger charge is -2.28. The number of hydrogen-bond acceptors (Lipinski definition) is 3. The van der Waals surface area contributed by atoms with Gasteiger partial charge in [-0.25, -0.2) is 0 Å². The maximum absolute atomic E-state index is 11.9. The molecule has 17 heavy (non-hydrogen) atoms. The molecule has 6 heteroatoms. The maximum atomic E-state index is 11.9. The highest BCUT2D eigenvalue weighted by molar-refractivity contribution is 7.20. The average molecular weight is 294 g/mol. The first-order valence-electron chi connectivity index (χ1n) is 5.51. The van der Waals surface area contributed by atoms with E-state index in [1.54, 1.807) is 6.07 Å². The molecule has 2 rings (SSSR count). The number of carbonyl (C=O) groups excluding carboxylic acids is 1. The van der Waals surface area contributed by atoms with Gasteiger partial charge in [-0.05, 0) is 18.9 Å². The van der Waals surface area contributed by atoms with Crippen LogP contribution in [-0.4, -0.2) is 23.2 Å². The van der Waals surface area contributed by atoms with E-state index in [4.69, 9.17) is 23.2 Å². The number of thiophene rings is 1. The van der Waals surface area contributed by atoms with E-state index >= 15 is 0 Å². The smallest absolute Gasteiger partial charge is 0.254 e. The monoisotopic (exact) mass is 293 g/mol. The fourth-order valence-electron chi connectivity index (χ4n) is 2.02. The third-order valence-electron chi connectivity index (χ3n) is 2.95. The number of aliphatic hydroxyl groups excluding tert-OH is 1. The van der Waals surface area contributed by atoms with Gasteiger partial charge in [-0.3, -0.25) is 4.79 Å². The summed E-state index contributed by atoms with van der Waals surface area (Å²) in [6, 6.07) is 1.38. The number of aliphatic hydroxyl groups is 1. The van der Waals surface area contributed by atoms with Crippen molar-refractivity contribution < 1.29 is 9.90 Å². The Morgan fingerprint density at radius 2 is 2.12 bits per heavy atom.